The molecule has 0 radical (unpaired) electrons. The number of carbonyl (C=O) groups is 3. The van der Waals surface area contributed by atoms with Gasteiger partial charge < -0.3 is 19.7 Å². The number of rotatable bonds is 7. The van der Waals surface area contributed by atoms with E-state index in [1.54, 1.807) is 18.2 Å². The molecule has 3 rings (SSSR count). The van der Waals surface area contributed by atoms with Gasteiger partial charge in [0.2, 0.25) is 5.91 Å². The van der Waals surface area contributed by atoms with Gasteiger partial charge in [-0.3, -0.25) is 24.5 Å². The first-order chi connectivity index (χ1) is 15.2. The summed E-state index contributed by atoms with van der Waals surface area (Å²) in [6.45, 7) is 1.42. The molecule has 0 unspecified atom stereocenters. The molecule has 1 fully saturated rings. The number of nitrogens with zero attached hydrogens (tertiary/aromatic N) is 2. The van der Waals surface area contributed by atoms with Gasteiger partial charge in [-0.25, -0.2) is 0 Å². The Kier molecular flexibility index (Phi) is 6.94. The van der Waals surface area contributed by atoms with Gasteiger partial charge in [0, 0.05) is 35.8 Å². The third-order valence-electron chi connectivity index (χ3n) is 4.88. The van der Waals surface area contributed by atoms with Crippen molar-refractivity contribution in [2.45, 2.75) is 19.4 Å². The molecule has 2 aromatic rings. The van der Waals surface area contributed by atoms with Crippen LogP contribution in [-0.4, -0.2) is 42.5 Å². The highest BCUT2D eigenvalue weighted by molar-refractivity contribution is 6.31. The van der Waals surface area contributed by atoms with Crippen molar-refractivity contribution in [1.29, 1.82) is 0 Å². The zero-order valence-electron chi connectivity index (χ0n) is 17.2. The Bertz CT molecular complexity index is 1080. The number of methoxy groups -OCH3 is 1. The van der Waals surface area contributed by atoms with Crippen LogP contribution in [0.4, 0.5) is 17.1 Å². The van der Waals surface area contributed by atoms with Crippen molar-refractivity contribution in [2.75, 3.05) is 23.9 Å². The number of ether oxygens (including phenoxy) is 2. The van der Waals surface area contributed by atoms with Crippen LogP contribution in [0.3, 0.4) is 0 Å². The highest BCUT2D eigenvalue weighted by atomic mass is 35.5. The quantitative estimate of drug-likeness (QED) is 0.381. The molecule has 1 heterocycles. The molecule has 2 atom stereocenters. The summed E-state index contributed by atoms with van der Waals surface area (Å²) in [5, 5.41) is 13.7. The minimum Gasteiger partial charge on any atom is -0.495 e. The van der Waals surface area contributed by atoms with Crippen molar-refractivity contribution in [3.8, 4) is 5.75 Å². The second-order valence-electron chi connectivity index (χ2n) is 7.10. The van der Waals surface area contributed by atoms with Gasteiger partial charge in [-0.05, 0) is 31.2 Å². The minimum atomic E-state index is -1.17. The number of nitrogens with one attached hydrogen (secondary N) is 1. The van der Waals surface area contributed by atoms with Crippen molar-refractivity contribution >= 4 is 46.4 Å². The van der Waals surface area contributed by atoms with E-state index in [9.17, 15) is 24.5 Å². The van der Waals surface area contributed by atoms with Crippen molar-refractivity contribution < 1.29 is 28.8 Å². The molecule has 0 spiro atoms. The maximum absolute atomic E-state index is 12.6. The van der Waals surface area contributed by atoms with E-state index < -0.39 is 28.8 Å². The summed E-state index contributed by atoms with van der Waals surface area (Å²) in [7, 11) is 1.46. The summed E-state index contributed by atoms with van der Waals surface area (Å²) in [5.41, 5.74) is 0.451. The van der Waals surface area contributed by atoms with Crippen LogP contribution in [0.25, 0.3) is 0 Å². The lowest BCUT2D eigenvalue weighted by molar-refractivity contribution is -0.384. The smallest absolute Gasteiger partial charge is 0.312 e. The number of non-ortho nitro benzene ring substituents is 1. The third-order valence-corrected chi connectivity index (χ3v) is 5.11. The number of carbonyl (C=O) groups excluding carboxylic acids is 3. The zero-order valence-corrected chi connectivity index (χ0v) is 18.0. The van der Waals surface area contributed by atoms with Gasteiger partial charge in [0.1, 0.15) is 5.75 Å². The maximum atomic E-state index is 12.6. The summed E-state index contributed by atoms with van der Waals surface area (Å²) in [6, 6.07) is 10.2. The first-order valence-corrected chi connectivity index (χ1v) is 9.97. The predicted octanol–water partition coefficient (Wildman–Crippen LogP) is 3.18. The molecular formula is C21H20ClN3O7. The van der Waals surface area contributed by atoms with E-state index in [0.29, 0.717) is 16.5 Å². The first-order valence-electron chi connectivity index (χ1n) is 9.59. The number of anilines is 2. The van der Waals surface area contributed by atoms with Crippen LogP contribution < -0.4 is 15.0 Å². The third kappa shape index (κ3) is 5.14. The average Bonchev–Trinajstić information content (AvgIpc) is 3.15. The van der Waals surface area contributed by atoms with E-state index >= 15 is 0 Å². The van der Waals surface area contributed by atoms with Gasteiger partial charge >= 0.3 is 5.97 Å². The van der Waals surface area contributed by atoms with Crippen LogP contribution in [0.1, 0.15) is 13.3 Å². The van der Waals surface area contributed by atoms with Gasteiger partial charge in [-0.2, -0.15) is 0 Å². The summed E-state index contributed by atoms with van der Waals surface area (Å²) >= 11 is 6.03. The predicted molar refractivity (Wildman–Crippen MR) is 116 cm³/mol. The summed E-state index contributed by atoms with van der Waals surface area (Å²) in [4.78, 5) is 49.1. The van der Waals surface area contributed by atoms with Gasteiger partial charge in [0.15, 0.2) is 6.10 Å². The van der Waals surface area contributed by atoms with E-state index in [-0.39, 0.29) is 30.2 Å². The van der Waals surface area contributed by atoms with E-state index in [1.807, 2.05) is 0 Å². The van der Waals surface area contributed by atoms with Crippen LogP contribution in [0.2, 0.25) is 5.02 Å². The molecule has 0 saturated carbocycles. The average molecular weight is 462 g/mol. The minimum absolute atomic E-state index is 0.0492. The van der Waals surface area contributed by atoms with Crippen LogP contribution in [0.5, 0.6) is 5.75 Å². The number of amides is 2. The molecule has 168 valence electrons. The molecule has 1 saturated heterocycles. The van der Waals surface area contributed by atoms with E-state index in [0.717, 1.165) is 0 Å². The SMILES string of the molecule is COc1ccc(Cl)cc1N1C[C@H](C(=O)O[C@H](C)C(=O)Nc2cccc([N+](=O)[O-])c2)CC1=O. The normalized spacial score (nSPS) is 16.4. The number of nitro benzene ring substituents is 1. The summed E-state index contributed by atoms with van der Waals surface area (Å²) < 4.78 is 10.5. The molecule has 0 bridgehead atoms. The second-order valence-corrected chi connectivity index (χ2v) is 7.53. The van der Waals surface area contributed by atoms with Gasteiger partial charge in [-0.1, -0.05) is 17.7 Å². The molecule has 1 aliphatic rings. The van der Waals surface area contributed by atoms with Crippen molar-refractivity contribution in [1.82, 2.24) is 0 Å². The Balaban J connectivity index is 1.63. The maximum Gasteiger partial charge on any atom is 0.312 e. The molecule has 2 aromatic carbocycles. The van der Waals surface area contributed by atoms with Crippen LogP contribution in [0.15, 0.2) is 42.5 Å². The van der Waals surface area contributed by atoms with Gasteiger partial charge in [0.25, 0.3) is 11.6 Å². The number of nitro groups is 1. The summed E-state index contributed by atoms with van der Waals surface area (Å²) in [5.74, 6) is -2.01. The highest BCUT2D eigenvalue weighted by Crippen LogP contribution is 2.35. The molecule has 10 nitrogen and oxygen atoms in total. The largest absolute Gasteiger partial charge is 0.495 e. The lowest BCUT2D eigenvalue weighted by Crippen LogP contribution is -2.33. The summed E-state index contributed by atoms with van der Waals surface area (Å²) in [6.07, 6.45) is -1.26. The number of benzene rings is 2. The number of esters is 1. The number of hydrogen-bond donors (Lipinski definition) is 1. The molecular weight excluding hydrogens is 442 g/mol. The fourth-order valence-electron chi connectivity index (χ4n) is 3.24. The van der Waals surface area contributed by atoms with Crippen LogP contribution >= 0.6 is 11.6 Å². The Morgan fingerprint density at radius 3 is 2.72 bits per heavy atom. The topological polar surface area (TPSA) is 128 Å². The standard InChI is InChI=1S/C21H20ClN3O7/c1-12(20(27)23-15-4-3-5-16(10-15)25(29)30)32-21(28)13-8-19(26)24(11-13)17-9-14(22)6-7-18(17)31-2/h3-7,9-10,12-13H,8,11H2,1-2H3,(H,23,27)/t12-,13-/m1/s1. The number of halogens is 1. The van der Waals surface area contributed by atoms with Crippen LogP contribution in [-0.2, 0) is 19.1 Å². The number of hydrogen-bond acceptors (Lipinski definition) is 7. The molecule has 1 aliphatic heterocycles. The van der Waals surface area contributed by atoms with Crippen molar-refractivity contribution in [3.05, 3.63) is 57.6 Å². The molecule has 1 N–H and O–H groups in total. The lowest BCUT2D eigenvalue weighted by atomic mass is 10.1. The lowest BCUT2D eigenvalue weighted by Gasteiger charge is -2.20. The van der Waals surface area contributed by atoms with Crippen molar-refractivity contribution in [3.63, 3.8) is 0 Å². The molecule has 2 amide bonds. The molecule has 0 aliphatic carbocycles. The first kappa shape index (κ1) is 23.0. The van der Waals surface area contributed by atoms with Gasteiger partial charge in [0.05, 0.1) is 23.6 Å². The molecule has 0 aromatic heterocycles. The fourth-order valence-corrected chi connectivity index (χ4v) is 3.40. The van der Waals surface area contributed by atoms with E-state index in [1.165, 1.54) is 43.2 Å². The van der Waals surface area contributed by atoms with Crippen LogP contribution in [0, 0.1) is 16.0 Å². The monoisotopic (exact) mass is 461 g/mol. The van der Waals surface area contributed by atoms with Crippen molar-refractivity contribution in [2.24, 2.45) is 5.92 Å². The Labute approximate surface area is 188 Å². The second kappa shape index (κ2) is 9.65. The zero-order chi connectivity index (χ0) is 23.4. The molecule has 32 heavy (non-hydrogen) atoms. The molecule has 11 heteroatoms. The Morgan fingerprint density at radius 2 is 2.03 bits per heavy atom. The van der Waals surface area contributed by atoms with Gasteiger partial charge in [-0.15, -0.1) is 0 Å². The Hall–Kier alpha value is -3.66. The highest BCUT2D eigenvalue weighted by Gasteiger charge is 2.38. The fraction of sp³-hybridized carbons (Fsp3) is 0.286. The van der Waals surface area contributed by atoms with E-state index in [2.05, 4.69) is 5.32 Å². The van der Waals surface area contributed by atoms with E-state index in [4.69, 9.17) is 21.1 Å². The Morgan fingerprint density at radius 1 is 1.28 bits per heavy atom.